The molecule has 0 saturated heterocycles. The highest BCUT2D eigenvalue weighted by Gasteiger charge is 2.15. The van der Waals surface area contributed by atoms with Crippen LogP contribution in [0.3, 0.4) is 0 Å². The van der Waals surface area contributed by atoms with Crippen molar-refractivity contribution in [2.45, 2.75) is 6.04 Å². The van der Waals surface area contributed by atoms with Gasteiger partial charge in [0.2, 0.25) is 0 Å². The molecule has 1 aromatic carbocycles. The highest BCUT2D eigenvalue weighted by molar-refractivity contribution is 6.42. The van der Waals surface area contributed by atoms with Gasteiger partial charge in [-0.2, -0.15) is 0 Å². The van der Waals surface area contributed by atoms with Gasteiger partial charge < -0.3 is 4.74 Å². The predicted molar refractivity (Wildman–Crippen MR) is 52.6 cm³/mol. The van der Waals surface area contributed by atoms with Gasteiger partial charge in [-0.3, -0.25) is 0 Å². The second kappa shape index (κ2) is 3.56. The summed E-state index contributed by atoms with van der Waals surface area (Å²) in [5.41, 5.74) is 0.999. The van der Waals surface area contributed by atoms with Gasteiger partial charge >= 0.3 is 0 Å². The van der Waals surface area contributed by atoms with Gasteiger partial charge in [0.25, 0.3) is 6.40 Å². The molecule has 67 valence electrons. The van der Waals surface area contributed by atoms with Crippen LogP contribution < -0.4 is 0 Å². The second-order valence-electron chi connectivity index (χ2n) is 2.72. The number of nitrogens with zero attached hydrogens (tertiary/aromatic N) is 1. The van der Waals surface area contributed by atoms with Gasteiger partial charge in [0.05, 0.1) is 10.0 Å². The van der Waals surface area contributed by atoms with Crippen LogP contribution in [0.25, 0.3) is 0 Å². The number of halogens is 2. The van der Waals surface area contributed by atoms with Gasteiger partial charge in [-0.05, 0) is 17.7 Å². The zero-order valence-electron chi connectivity index (χ0n) is 6.63. The predicted octanol–water partition coefficient (Wildman–Crippen LogP) is 2.97. The molecular weight excluding hydrogens is 209 g/mol. The van der Waals surface area contributed by atoms with Crippen molar-refractivity contribution in [1.82, 2.24) is 0 Å². The molecule has 1 heterocycles. The first-order valence-corrected chi connectivity index (χ1v) is 4.54. The zero-order valence-corrected chi connectivity index (χ0v) is 8.14. The first-order chi connectivity index (χ1) is 6.27. The summed E-state index contributed by atoms with van der Waals surface area (Å²) >= 11 is 11.6. The highest BCUT2D eigenvalue weighted by Crippen LogP contribution is 2.28. The summed E-state index contributed by atoms with van der Waals surface area (Å²) in [6, 6.07) is 5.45. The summed E-state index contributed by atoms with van der Waals surface area (Å²) in [7, 11) is 0. The minimum Gasteiger partial charge on any atom is -0.471 e. The number of ether oxygens (including phenoxy) is 1. The van der Waals surface area contributed by atoms with Gasteiger partial charge in [0.15, 0.2) is 0 Å². The maximum atomic E-state index is 5.86. The van der Waals surface area contributed by atoms with Crippen LogP contribution in [0.5, 0.6) is 0 Å². The number of rotatable bonds is 1. The van der Waals surface area contributed by atoms with Crippen LogP contribution in [0.2, 0.25) is 10.0 Å². The SMILES string of the molecule is Clc1ccc(C2CO[C]=N2)cc1Cl. The Labute approximate surface area is 86.1 Å². The smallest absolute Gasteiger partial charge is 0.273 e. The summed E-state index contributed by atoms with van der Waals surface area (Å²) in [5.74, 6) is 0. The Morgan fingerprint density at radius 3 is 2.85 bits per heavy atom. The van der Waals surface area contributed by atoms with E-state index in [1.165, 1.54) is 0 Å². The van der Waals surface area contributed by atoms with Crippen LogP contribution in [0.4, 0.5) is 0 Å². The Hall–Kier alpha value is -0.730. The van der Waals surface area contributed by atoms with Crippen LogP contribution in [-0.4, -0.2) is 13.0 Å². The molecule has 0 aromatic heterocycles. The van der Waals surface area contributed by atoms with E-state index in [1.54, 1.807) is 12.1 Å². The first-order valence-electron chi connectivity index (χ1n) is 3.79. The average molecular weight is 215 g/mol. The summed E-state index contributed by atoms with van der Waals surface area (Å²) in [5, 5.41) is 1.10. The molecule has 2 rings (SSSR count). The van der Waals surface area contributed by atoms with E-state index in [0.29, 0.717) is 16.7 Å². The molecule has 0 fully saturated rings. The van der Waals surface area contributed by atoms with Gasteiger partial charge in [-0.1, -0.05) is 29.3 Å². The minimum atomic E-state index is 0.00904. The van der Waals surface area contributed by atoms with Crippen LogP contribution in [0.1, 0.15) is 11.6 Å². The van der Waals surface area contributed by atoms with Gasteiger partial charge in [-0.25, -0.2) is 4.99 Å². The maximum Gasteiger partial charge on any atom is 0.273 e. The lowest BCUT2D eigenvalue weighted by molar-refractivity contribution is 0.330. The third-order valence-corrected chi connectivity index (χ3v) is 2.58. The fourth-order valence-electron chi connectivity index (χ4n) is 1.14. The van der Waals surface area contributed by atoms with Crippen LogP contribution in [0, 0.1) is 0 Å². The molecule has 1 unspecified atom stereocenters. The molecule has 13 heavy (non-hydrogen) atoms. The summed E-state index contributed by atoms with van der Waals surface area (Å²) < 4.78 is 4.89. The third kappa shape index (κ3) is 1.79. The molecule has 0 N–H and O–H groups in total. The maximum absolute atomic E-state index is 5.86. The number of hydrogen-bond acceptors (Lipinski definition) is 2. The number of hydrogen-bond donors (Lipinski definition) is 0. The quantitative estimate of drug-likeness (QED) is 0.705. The Balaban J connectivity index is 2.30. The van der Waals surface area contributed by atoms with Crippen molar-refractivity contribution in [2.24, 2.45) is 4.99 Å². The molecule has 2 nitrogen and oxygen atoms in total. The molecule has 0 spiro atoms. The first kappa shape index (κ1) is 8.85. The largest absolute Gasteiger partial charge is 0.471 e. The molecule has 1 atom stereocenters. The Bertz CT molecular complexity index is 351. The van der Waals surface area contributed by atoms with E-state index in [4.69, 9.17) is 27.9 Å². The number of aliphatic imine (C=N–C) groups is 1. The van der Waals surface area contributed by atoms with E-state index in [-0.39, 0.29) is 6.04 Å². The molecule has 0 amide bonds. The van der Waals surface area contributed by atoms with Crippen molar-refractivity contribution < 1.29 is 4.74 Å². The number of benzene rings is 1. The van der Waals surface area contributed by atoms with E-state index in [9.17, 15) is 0 Å². The summed E-state index contributed by atoms with van der Waals surface area (Å²) in [4.78, 5) is 4.00. The van der Waals surface area contributed by atoms with Gasteiger partial charge in [0.1, 0.15) is 12.6 Å². The topological polar surface area (TPSA) is 21.6 Å². The molecule has 1 aromatic rings. The monoisotopic (exact) mass is 214 g/mol. The lowest BCUT2D eigenvalue weighted by atomic mass is 10.1. The lowest BCUT2D eigenvalue weighted by Crippen LogP contribution is -1.96. The summed E-state index contributed by atoms with van der Waals surface area (Å²) in [6.07, 6.45) is 2.45. The minimum absolute atomic E-state index is 0.00904. The average Bonchev–Trinajstić information content (AvgIpc) is 2.62. The van der Waals surface area contributed by atoms with Crippen molar-refractivity contribution in [1.29, 1.82) is 0 Å². The summed E-state index contributed by atoms with van der Waals surface area (Å²) in [6.45, 7) is 0.526. The van der Waals surface area contributed by atoms with E-state index in [0.717, 1.165) is 5.56 Å². The van der Waals surface area contributed by atoms with E-state index >= 15 is 0 Å². The molecule has 1 aliphatic rings. The van der Waals surface area contributed by atoms with Crippen LogP contribution in [0.15, 0.2) is 23.2 Å². The van der Waals surface area contributed by atoms with Crippen molar-refractivity contribution in [3.05, 3.63) is 33.8 Å². The van der Waals surface area contributed by atoms with E-state index in [1.807, 2.05) is 6.07 Å². The van der Waals surface area contributed by atoms with Crippen LogP contribution in [-0.2, 0) is 4.74 Å². The van der Waals surface area contributed by atoms with E-state index < -0.39 is 0 Å². The lowest BCUT2D eigenvalue weighted by Gasteiger charge is -2.06. The Morgan fingerprint density at radius 2 is 2.23 bits per heavy atom. The van der Waals surface area contributed by atoms with Gasteiger partial charge in [0, 0.05) is 0 Å². The Kier molecular flexibility index (Phi) is 2.42. The molecule has 1 aliphatic heterocycles. The zero-order chi connectivity index (χ0) is 9.26. The van der Waals surface area contributed by atoms with Crippen molar-refractivity contribution >= 4 is 29.6 Å². The molecule has 0 bridgehead atoms. The van der Waals surface area contributed by atoms with Gasteiger partial charge in [-0.15, -0.1) is 0 Å². The van der Waals surface area contributed by atoms with E-state index in [2.05, 4.69) is 11.4 Å². The van der Waals surface area contributed by atoms with Crippen molar-refractivity contribution in [3.8, 4) is 0 Å². The molecule has 1 radical (unpaired) electrons. The highest BCUT2D eigenvalue weighted by atomic mass is 35.5. The molecular formula is C9H6Cl2NO. The van der Waals surface area contributed by atoms with Crippen molar-refractivity contribution in [2.75, 3.05) is 6.61 Å². The standard InChI is InChI=1S/C9H6Cl2NO/c10-7-2-1-6(3-8(7)11)9-4-13-5-12-9/h1-3,9H,4H2. The fraction of sp³-hybridized carbons (Fsp3) is 0.222. The third-order valence-electron chi connectivity index (χ3n) is 1.84. The normalized spacial score (nSPS) is 20.3. The molecule has 0 aliphatic carbocycles. The molecule has 0 saturated carbocycles. The molecule has 4 heteroatoms. The fourth-order valence-corrected chi connectivity index (χ4v) is 1.45. The van der Waals surface area contributed by atoms with Crippen LogP contribution >= 0.6 is 23.2 Å². The second-order valence-corrected chi connectivity index (χ2v) is 3.54. The van der Waals surface area contributed by atoms with Crippen molar-refractivity contribution in [3.63, 3.8) is 0 Å². The Morgan fingerprint density at radius 1 is 1.38 bits per heavy atom.